The van der Waals surface area contributed by atoms with E-state index in [9.17, 15) is 12.8 Å². The van der Waals surface area contributed by atoms with Crippen molar-refractivity contribution in [2.45, 2.75) is 29.9 Å². The van der Waals surface area contributed by atoms with Crippen LogP contribution in [0.3, 0.4) is 0 Å². The van der Waals surface area contributed by atoms with Crippen LogP contribution in [0.25, 0.3) is 0 Å². The van der Waals surface area contributed by atoms with Gasteiger partial charge in [0, 0.05) is 12.5 Å². The normalized spacial score (nSPS) is 27.8. The molecular weight excluding hydrogens is 333 g/mol. The van der Waals surface area contributed by atoms with Crippen LogP contribution < -0.4 is 0 Å². The maximum Gasteiger partial charge on any atom is 0.243 e. The molecule has 0 radical (unpaired) electrons. The summed E-state index contributed by atoms with van der Waals surface area (Å²) in [5, 5.41) is 0. The average Bonchev–Trinajstić information content (AvgIpc) is 2.99. The van der Waals surface area contributed by atoms with Gasteiger partial charge in [-0.1, -0.05) is 6.08 Å². The molecule has 3 atom stereocenters. The number of ether oxygens (including phenoxy) is 2. The molecule has 0 amide bonds. The summed E-state index contributed by atoms with van der Waals surface area (Å²) in [4.78, 5) is 0.121. The first-order valence-corrected chi connectivity index (χ1v) is 9.55. The lowest BCUT2D eigenvalue weighted by Crippen LogP contribution is -2.52. The number of rotatable bonds is 6. The molecule has 2 fully saturated rings. The minimum absolute atomic E-state index is 0.121. The number of fused-ring (bicyclic) bond motifs is 1. The molecule has 0 bridgehead atoms. The van der Waals surface area contributed by atoms with Crippen molar-refractivity contribution in [1.82, 2.24) is 4.31 Å². The molecule has 5 nitrogen and oxygen atoms in total. The summed E-state index contributed by atoms with van der Waals surface area (Å²) in [6.45, 7) is 5.32. The van der Waals surface area contributed by atoms with E-state index in [1.165, 1.54) is 28.6 Å². The number of nitrogens with zero attached hydrogens (tertiary/aromatic N) is 1. The van der Waals surface area contributed by atoms with Crippen molar-refractivity contribution in [2.75, 3.05) is 26.4 Å². The Bertz CT molecular complexity index is 676. The van der Waals surface area contributed by atoms with Crippen molar-refractivity contribution in [1.29, 1.82) is 0 Å². The lowest BCUT2D eigenvalue weighted by atomic mass is 10.1. The summed E-state index contributed by atoms with van der Waals surface area (Å²) in [6.07, 6.45) is 3.15. The number of hydrogen-bond acceptors (Lipinski definition) is 4. The lowest BCUT2D eigenvalue weighted by Gasteiger charge is -2.38. The zero-order chi connectivity index (χ0) is 17.2. The first-order valence-electron chi connectivity index (χ1n) is 8.11. The van der Waals surface area contributed by atoms with Crippen LogP contribution >= 0.6 is 0 Å². The van der Waals surface area contributed by atoms with Crippen LogP contribution in [0.1, 0.15) is 12.8 Å². The van der Waals surface area contributed by atoms with Gasteiger partial charge in [0.15, 0.2) is 0 Å². The Labute approximate surface area is 142 Å². The fraction of sp³-hybridized carbons (Fsp3) is 0.529. The molecule has 1 heterocycles. The number of morpholine rings is 1. The second-order valence-corrected chi connectivity index (χ2v) is 8.03. The Morgan fingerprint density at radius 3 is 2.79 bits per heavy atom. The summed E-state index contributed by atoms with van der Waals surface area (Å²) in [5.74, 6) is -0.268. The SMILES string of the molecule is C=CCOCC1CCC2C1OCCN2S(=O)(=O)c1ccc(F)cc1. The maximum atomic E-state index is 13.1. The predicted molar refractivity (Wildman–Crippen MR) is 87.6 cm³/mol. The minimum atomic E-state index is -3.65. The second kappa shape index (κ2) is 7.31. The molecule has 132 valence electrons. The molecule has 3 unspecified atom stereocenters. The summed E-state index contributed by atoms with van der Waals surface area (Å²) in [7, 11) is -3.65. The first kappa shape index (κ1) is 17.5. The third-order valence-electron chi connectivity index (χ3n) is 4.66. The Hall–Kier alpha value is -1.28. The largest absolute Gasteiger partial charge is 0.377 e. The fourth-order valence-electron chi connectivity index (χ4n) is 3.55. The Morgan fingerprint density at radius 2 is 2.08 bits per heavy atom. The van der Waals surface area contributed by atoms with E-state index in [1.807, 2.05) is 0 Å². The van der Waals surface area contributed by atoms with E-state index >= 15 is 0 Å². The second-order valence-electron chi connectivity index (χ2n) is 6.14. The van der Waals surface area contributed by atoms with Crippen molar-refractivity contribution in [3.63, 3.8) is 0 Å². The molecule has 1 aromatic carbocycles. The Morgan fingerprint density at radius 1 is 1.33 bits per heavy atom. The van der Waals surface area contributed by atoms with Crippen molar-refractivity contribution in [3.8, 4) is 0 Å². The zero-order valence-corrected chi connectivity index (χ0v) is 14.3. The number of halogens is 1. The van der Waals surface area contributed by atoms with E-state index in [2.05, 4.69) is 6.58 Å². The van der Waals surface area contributed by atoms with Gasteiger partial charge in [-0.25, -0.2) is 12.8 Å². The van der Waals surface area contributed by atoms with E-state index in [1.54, 1.807) is 6.08 Å². The van der Waals surface area contributed by atoms with E-state index in [-0.39, 0.29) is 23.0 Å². The number of sulfonamides is 1. The summed E-state index contributed by atoms with van der Waals surface area (Å²) in [5.41, 5.74) is 0. The molecule has 3 rings (SSSR count). The highest BCUT2D eigenvalue weighted by molar-refractivity contribution is 7.89. The monoisotopic (exact) mass is 355 g/mol. The highest BCUT2D eigenvalue weighted by Gasteiger charge is 2.46. The summed E-state index contributed by atoms with van der Waals surface area (Å²) in [6, 6.07) is 4.78. The fourth-order valence-corrected chi connectivity index (χ4v) is 5.20. The van der Waals surface area contributed by atoms with Crippen LogP contribution in [-0.2, 0) is 19.5 Å². The topological polar surface area (TPSA) is 55.8 Å². The smallest absolute Gasteiger partial charge is 0.243 e. The molecule has 1 aliphatic carbocycles. The average molecular weight is 355 g/mol. The van der Waals surface area contributed by atoms with Gasteiger partial charge in [-0.2, -0.15) is 4.31 Å². The Kier molecular flexibility index (Phi) is 5.34. The molecule has 1 saturated carbocycles. The van der Waals surface area contributed by atoms with Gasteiger partial charge in [0.2, 0.25) is 10.0 Å². The van der Waals surface area contributed by atoms with Gasteiger partial charge in [-0.05, 0) is 37.1 Å². The molecule has 24 heavy (non-hydrogen) atoms. The molecule has 1 aromatic rings. The van der Waals surface area contributed by atoms with Crippen LogP contribution in [0.15, 0.2) is 41.8 Å². The minimum Gasteiger partial charge on any atom is -0.377 e. The number of hydrogen-bond donors (Lipinski definition) is 0. The molecule has 2 aliphatic rings. The van der Waals surface area contributed by atoms with Gasteiger partial charge < -0.3 is 9.47 Å². The molecule has 0 aromatic heterocycles. The lowest BCUT2D eigenvalue weighted by molar-refractivity contribution is -0.0605. The highest BCUT2D eigenvalue weighted by atomic mass is 32.2. The van der Waals surface area contributed by atoms with Crippen LogP contribution in [-0.4, -0.2) is 51.2 Å². The third-order valence-corrected chi connectivity index (χ3v) is 6.60. The maximum absolute atomic E-state index is 13.1. The van der Waals surface area contributed by atoms with Crippen molar-refractivity contribution < 1.29 is 22.3 Å². The molecule has 1 saturated heterocycles. The summed E-state index contributed by atoms with van der Waals surface area (Å²) >= 11 is 0. The zero-order valence-electron chi connectivity index (χ0n) is 13.4. The van der Waals surface area contributed by atoms with Crippen LogP contribution in [0.4, 0.5) is 4.39 Å². The van der Waals surface area contributed by atoms with Gasteiger partial charge in [0.05, 0.1) is 36.9 Å². The predicted octanol–water partition coefficient (Wildman–Crippen LogP) is 2.20. The molecule has 0 spiro atoms. The molecule has 0 N–H and O–H groups in total. The van der Waals surface area contributed by atoms with Gasteiger partial charge in [-0.15, -0.1) is 6.58 Å². The molecule has 1 aliphatic heterocycles. The van der Waals surface area contributed by atoms with Crippen molar-refractivity contribution >= 4 is 10.0 Å². The standard InChI is InChI=1S/C17H22FNO4S/c1-2-10-22-12-13-3-8-16-17(13)23-11-9-19(16)24(20,21)15-6-4-14(18)5-7-15/h2,4-7,13,16-17H,1,3,8-12H2. The first-order chi connectivity index (χ1) is 11.5. The van der Waals surface area contributed by atoms with Crippen molar-refractivity contribution in [3.05, 3.63) is 42.7 Å². The number of benzene rings is 1. The van der Waals surface area contributed by atoms with Gasteiger partial charge in [-0.3, -0.25) is 0 Å². The molecular formula is C17H22FNO4S. The molecule has 7 heteroatoms. The van der Waals surface area contributed by atoms with Gasteiger partial charge >= 0.3 is 0 Å². The van der Waals surface area contributed by atoms with E-state index in [0.717, 1.165) is 12.8 Å². The Balaban J connectivity index is 1.77. The van der Waals surface area contributed by atoms with E-state index in [4.69, 9.17) is 9.47 Å². The van der Waals surface area contributed by atoms with Gasteiger partial charge in [0.1, 0.15) is 5.82 Å². The van der Waals surface area contributed by atoms with E-state index in [0.29, 0.717) is 26.4 Å². The van der Waals surface area contributed by atoms with Crippen LogP contribution in [0.5, 0.6) is 0 Å². The van der Waals surface area contributed by atoms with Crippen LogP contribution in [0, 0.1) is 11.7 Å². The van der Waals surface area contributed by atoms with Crippen LogP contribution in [0.2, 0.25) is 0 Å². The van der Waals surface area contributed by atoms with Gasteiger partial charge in [0.25, 0.3) is 0 Å². The summed E-state index contributed by atoms with van der Waals surface area (Å²) < 4.78 is 51.8. The highest BCUT2D eigenvalue weighted by Crippen LogP contribution is 2.37. The third kappa shape index (κ3) is 3.39. The van der Waals surface area contributed by atoms with E-state index < -0.39 is 15.8 Å². The van der Waals surface area contributed by atoms with Crippen molar-refractivity contribution in [2.24, 2.45) is 5.92 Å². The quantitative estimate of drug-likeness (QED) is 0.580.